The van der Waals surface area contributed by atoms with Crippen LogP contribution in [0.4, 0.5) is 0 Å². The van der Waals surface area contributed by atoms with Gasteiger partial charge in [0.2, 0.25) is 0 Å². The van der Waals surface area contributed by atoms with E-state index in [0.717, 1.165) is 22.3 Å². The van der Waals surface area contributed by atoms with Gasteiger partial charge in [-0.3, -0.25) is 9.67 Å². The van der Waals surface area contributed by atoms with Gasteiger partial charge in [0.05, 0.1) is 27.6 Å². The number of nitrogens with one attached hydrogen (secondary N) is 1. The predicted octanol–water partition coefficient (Wildman–Crippen LogP) is 2.70. The highest BCUT2D eigenvalue weighted by molar-refractivity contribution is 9.10. The molecule has 0 amide bonds. The molecular weight excluding hydrogens is 304 g/mol. The Morgan fingerprint density at radius 2 is 2.16 bits per heavy atom. The van der Waals surface area contributed by atoms with E-state index in [-0.39, 0.29) is 6.04 Å². The van der Waals surface area contributed by atoms with Crippen LogP contribution in [-0.4, -0.2) is 21.8 Å². The van der Waals surface area contributed by atoms with E-state index in [1.807, 2.05) is 38.0 Å². The smallest absolute Gasteiger partial charge is 0.0738 e. The molecule has 0 bridgehead atoms. The van der Waals surface area contributed by atoms with Crippen LogP contribution in [0.2, 0.25) is 0 Å². The number of aryl methyl sites for hydroxylation is 3. The Labute approximate surface area is 122 Å². The number of hydrogen-bond donors (Lipinski definition) is 1. The van der Waals surface area contributed by atoms with E-state index in [4.69, 9.17) is 0 Å². The maximum atomic E-state index is 4.50. The summed E-state index contributed by atoms with van der Waals surface area (Å²) in [6, 6.07) is 4.25. The number of pyridine rings is 1. The maximum Gasteiger partial charge on any atom is 0.0738 e. The van der Waals surface area contributed by atoms with Crippen molar-refractivity contribution in [3.05, 3.63) is 45.4 Å². The fourth-order valence-electron chi connectivity index (χ4n) is 2.29. The Hall–Kier alpha value is -1.20. The van der Waals surface area contributed by atoms with E-state index in [0.29, 0.717) is 0 Å². The van der Waals surface area contributed by atoms with Crippen LogP contribution in [0.3, 0.4) is 0 Å². The van der Waals surface area contributed by atoms with Crippen molar-refractivity contribution in [1.82, 2.24) is 20.1 Å². The first-order valence-corrected chi connectivity index (χ1v) is 7.10. The van der Waals surface area contributed by atoms with Gasteiger partial charge in [-0.2, -0.15) is 5.10 Å². The lowest BCUT2D eigenvalue weighted by Gasteiger charge is -2.18. The fourth-order valence-corrected chi connectivity index (χ4v) is 2.79. The lowest BCUT2D eigenvalue weighted by atomic mass is 10.0. The molecule has 0 aliphatic carbocycles. The van der Waals surface area contributed by atoms with Crippen molar-refractivity contribution < 1.29 is 0 Å². The monoisotopic (exact) mass is 322 g/mol. The Bertz CT molecular complexity index is 577. The molecule has 2 aromatic rings. The summed E-state index contributed by atoms with van der Waals surface area (Å²) in [7, 11) is 3.95. The molecule has 0 spiro atoms. The quantitative estimate of drug-likeness (QED) is 0.941. The number of hydrogen-bond acceptors (Lipinski definition) is 3. The zero-order chi connectivity index (χ0) is 14.0. The second-order valence-electron chi connectivity index (χ2n) is 4.72. The topological polar surface area (TPSA) is 42.7 Å². The zero-order valence-electron chi connectivity index (χ0n) is 11.7. The third-order valence-electron chi connectivity index (χ3n) is 3.39. The summed E-state index contributed by atoms with van der Waals surface area (Å²) >= 11 is 3.62. The normalized spacial score (nSPS) is 12.7. The van der Waals surface area contributed by atoms with Gasteiger partial charge in [-0.1, -0.05) is 6.07 Å². The van der Waals surface area contributed by atoms with Crippen LogP contribution in [-0.2, 0) is 13.5 Å². The molecule has 0 radical (unpaired) electrons. The standard InChI is InChI=1S/C14H19BrN4/c1-9-6-5-7-17-14(9)11(16-3)8-12-13(15)10(2)18-19(12)4/h5-7,11,16H,8H2,1-4H3. The minimum atomic E-state index is 0.187. The molecule has 0 saturated carbocycles. The number of nitrogens with zero attached hydrogens (tertiary/aromatic N) is 3. The van der Waals surface area contributed by atoms with Gasteiger partial charge in [-0.15, -0.1) is 0 Å². The van der Waals surface area contributed by atoms with Gasteiger partial charge in [-0.25, -0.2) is 0 Å². The van der Waals surface area contributed by atoms with Crippen molar-refractivity contribution in [2.45, 2.75) is 26.3 Å². The van der Waals surface area contributed by atoms with Crippen molar-refractivity contribution in [1.29, 1.82) is 0 Å². The average Bonchev–Trinajstić information content (AvgIpc) is 2.63. The molecule has 19 heavy (non-hydrogen) atoms. The van der Waals surface area contributed by atoms with Crippen LogP contribution < -0.4 is 5.32 Å². The van der Waals surface area contributed by atoms with Crippen LogP contribution in [0.1, 0.15) is 28.7 Å². The molecule has 102 valence electrons. The molecule has 4 nitrogen and oxygen atoms in total. The Morgan fingerprint density at radius 1 is 1.42 bits per heavy atom. The van der Waals surface area contributed by atoms with Gasteiger partial charge in [0.25, 0.3) is 0 Å². The third kappa shape index (κ3) is 2.87. The third-order valence-corrected chi connectivity index (χ3v) is 4.42. The second-order valence-corrected chi connectivity index (χ2v) is 5.51. The highest BCUT2D eigenvalue weighted by Gasteiger charge is 2.19. The largest absolute Gasteiger partial charge is 0.311 e. The number of rotatable bonds is 4. The van der Waals surface area contributed by atoms with Crippen molar-refractivity contribution in [3.8, 4) is 0 Å². The summed E-state index contributed by atoms with van der Waals surface area (Å²) in [5.74, 6) is 0. The summed E-state index contributed by atoms with van der Waals surface area (Å²) in [5, 5.41) is 7.78. The number of likely N-dealkylation sites (N-methyl/N-ethyl adjacent to an activating group) is 1. The number of aromatic nitrogens is 3. The highest BCUT2D eigenvalue weighted by atomic mass is 79.9. The van der Waals surface area contributed by atoms with Gasteiger partial charge < -0.3 is 5.32 Å². The maximum absolute atomic E-state index is 4.50. The Morgan fingerprint density at radius 3 is 2.68 bits per heavy atom. The van der Waals surface area contributed by atoms with Gasteiger partial charge in [0.15, 0.2) is 0 Å². The minimum absolute atomic E-state index is 0.187. The van der Waals surface area contributed by atoms with E-state index >= 15 is 0 Å². The number of halogens is 1. The van der Waals surface area contributed by atoms with Crippen molar-refractivity contribution in [2.75, 3.05) is 7.05 Å². The summed E-state index contributed by atoms with van der Waals surface area (Å²) in [5.41, 5.74) is 4.50. The molecule has 0 aromatic carbocycles. The summed E-state index contributed by atoms with van der Waals surface area (Å²) in [4.78, 5) is 4.50. The Balaban J connectivity index is 2.32. The lowest BCUT2D eigenvalue weighted by Crippen LogP contribution is -2.22. The first-order valence-electron chi connectivity index (χ1n) is 6.31. The van der Waals surface area contributed by atoms with Crippen LogP contribution >= 0.6 is 15.9 Å². The van der Waals surface area contributed by atoms with Crippen LogP contribution in [0.25, 0.3) is 0 Å². The van der Waals surface area contributed by atoms with Crippen LogP contribution in [0, 0.1) is 13.8 Å². The van der Waals surface area contributed by atoms with Gasteiger partial charge >= 0.3 is 0 Å². The van der Waals surface area contributed by atoms with Crippen molar-refractivity contribution >= 4 is 15.9 Å². The van der Waals surface area contributed by atoms with Crippen molar-refractivity contribution in [3.63, 3.8) is 0 Å². The first kappa shape index (κ1) is 14.2. The van der Waals surface area contributed by atoms with Crippen LogP contribution in [0.15, 0.2) is 22.8 Å². The highest BCUT2D eigenvalue weighted by Crippen LogP contribution is 2.26. The molecule has 1 N–H and O–H groups in total. The molecule has 2 aromatic heterocycles. The SMILES string of the molecule is CNC(Cc1c(Br)c(C)nn1C)c1ncccc1C. The van der Waals surface area contributed by atoms with E-state index in [1.165, 1.54) is 11.3 Å². The van der Waals surface area contributed by atoms with E-state index < -0.39 is 0 Å². The van der Waals surface area contributed by atoms with Gasteiger partial charge in [-0.05, 0) is 48.5 Å². The zero-order valence-corrected chi connectivity index (χ0v) is 13.3. The molecular formula is C14H19BrN4. The molecule has 0 saturated heterocycles. The summed E-state index contributed by atoms with van der Waals surface area (Å²) in [6.45, 7) is 4.10. The molecule has 0 aliphatic rings. The average molecular weight is 323 g/mol. The molecule has 0 fully saturated rings. The van der Waals surface area contributed by atoms with E-state index in [9.17, 15) is 0 Å². The van der Waals surface area contributed by atoms with E-state index in [2.05, 4.69) is 44.3 Å². The predicted molar refractivity (Wildman–Crippen MR) is 80.1 cm³/mol. The minimum Gasteiger partial charge on any atom is -0.311 e. The van der Waals surface area contributed by atoms with E-state index in [1.54, 1.807) is 0 Å². The van der Waals surface area contributed by atoms with Gasteiger partial charge in [0, 0.05) is 19.7 Å². The molecule has 1 unspecified atom stereocenters. The molecule has 2 heterocycles. The summed E-state index contributed by atoms with van der Waals surface area (Å²) < 4.78 is 3.02. The second kappa shape index (κ2) is 5.84. The van der Waals surface area contributed by atoms with Crippen molar-refractivity contribution in [2.24, 2.45) is 7.05 Å². The summed E-state index contributed by atoms with van der Waals surface area (Å²) in [6.07, 6.45) is 2.70. The van der Waals surface area contributed by atoms with Crippen LogP contribution in [0.5, 0.6) is 0 Å². The molecule has 1 atom stereocenters. The molecule has 2 rings (SSSR count). The first-order chi connectivity index (χ1) is 9.04. The molecule has 5 heteroatoms. The van der Waals surface area contributed by atoms with Gasteiger partial charge in [0.1, 0.15) is 0 Å². The Kier molecular flexibility index (Phi) is 4.37. The molecule has 0 aliphatic heterocycles. The fraction of sp³-hybridized carbons (Fsp3) is 0.429. The lowest BCUT2D eigenvalue weighted by molar-refractivity contribution is 0.545.